The molecule has 146 valence electrons. The maximum atomic E-state index is 12.5. The van der Waals surface area contributed by atoms with E-state index in [1.165, 1.54) is 26.0 Å². The van der Waals surface area contributed by atoms with Gasteiger partial charge in [0.25, 0.3) is 5.91 Å². The number of carbonyl (C=O) groups is 2. The Morgan fingerprint density at radius 3 is 2.63 bits per heavy atom. The normalized spacial score (nSPS) is 10.4. The second-order valence-electron chi connectivity index (χ2n) is 5.72. The van der Waals surface area contributed by atoms with Crippen LogP contribution in [0.3, 0.4) is 0 Å². The first-order chi connectivity index (χ1) is 13.0. The average molecular weight is 392 g/mol. The molecule has 2 aromatic rings. The van der Waals surface area contributed by atoms with Crippen LogP contribution in [-0.4, -0.2) is 54.4 Å². The van der Waals surface area contributed by atoms with E-state index in [0.29, 0.717) is 41.6 Å². The third-order valence-electron chi connectivity index (χ3n) is 3.69. The lowest BCUT2D eigenvalue weighted by Gasteiger charge is -2.15. The van der Waals surface area contributed by atoms with Gasteiger partial charge in [0.05, 0.1) is 37.9 Å². The monoisotopic (exact) mass is 392 g/mol. The van der Waals surface area contributed by atoms with Crippen LogP contribution in [0.5, 0.6) is 11.5 Å². The summed E-state index contributed by atoms with van der Waals surface area (Å²) in [6.07, 6.45) is 3.69. The highest BCUT2D eigenvalue weighted by Gasteiger charge is 2.17. The van der Waals surface area contributed by atoms with E-state index in [1.54, 1.807) is 16.8 Å². The molecule has 9 heteroatoms. The SMILES string of the molecule is COc1cc(C(=O)NCCn2ccc(C)n2)cc(NC(=O)CSC)c1OC. The van der Waals surface area contributed by atoms with Crippen molar-refractivity contribution in [1.29, 1.82) is 0 Å². The number of aromatic nitrogens is 2. The summed E-state index contributed by atoms with van der Waals surface area (Å²) in [5, 5.41) is 9.87. The first-order valence-corrected chi connectivity index (χ1v) is 9.71. The fraction of sp³-hybridized carbons (Fsp3) is 0.389. The lowest BCUT2D eigenvalue weighted by atomic mass is 10.1. The third-order valence-corrected chi connectivity index (χ3v) is 4.24. The Morgan fingerprint density at radius 2 is 2.04 bits per heavy atom. The summed E-state index contributed by atoms with van der Waals surface area (Å²) in [4.78, 5) is 24.5. The van der Waals surface area contributed by atoms with Gasteiger partial charge in [-0.15, -0.1) is 0 Å². The van der Waals surface area contributed by atoms with Gasteiger partial charge in [-0.2, -0.15) is 16.9 Å². The number of benzene rings is 1. The molecule has 1 aromatic carbocycles. The van der Waals surface area contributed by atoms with Crippen molar-refractivity contribution in [3.63, 3.8) is 0 Å². The summed E-state index contributed by atoms with van der Waals surface area (Å²) in [5.41, 5.74) is 1.68. The summed E-state index contributed by atoms with van der Waals surface area (Å²) in [6.45, 7) is 2.89. The maximum absolute atomic E-state index is 12.5. The van der Waals surface area contributed by atoms with Crippen molar-refractivity contribution in [3.05, 3.63) is 35.7 Å². The van der Waals surface area contributed by atoms with Gasteiger partial charge in [0.1, 0.15) is 0 Å². The quantitative estimate of drug-likeness (QED) is 0.677. The van der Waals surface area contributed by atoms with Gasteiger partial charge >= 0.3 is 0 Å². The topological polar surface area (TPSA) is 94.5 Å². The Bertz CT molecular complexity index is 807. The highest BCUT2D eigenvalue weighted by molar-refractivity contribution is 7.99. The summed E-state index contributed by atoms with van der Waals surface area (Å²) < 4.78 is 12.4. The predicted molar refractivity (Wildman–Crippen MR) is 106 cm³/mol. The summed E-state index contributed by atoms with van der Waals surface area (Å²) >= 11 is 1.40. The number of nitrogens with zero attached hydrogens (tertiary/aromatic N) is 2. The second-order valence-corrected chi connectivity index (χ2v) is 6.58. The van der Waals surface area contributed by atoms with Crippen LogP contribution in [0, 0.1) is 6.92 Å². The molecule has 0 bridgehead atoms. The molecule has 0 radical (unpaired) electrons. The molecular formula is C18H24N4O4S. The number of anilines is 1. The highest BCUT2D eigenvalue weighted by Crippen LogP contribution is 2.36. The van der Waals surface area contributed by atoms with Gasteiger partial charge in [-0.3, -0.25) is 14.3 Å². The fourth-order valence-electron chi connectivity index (χ4n) is 2.48. The number of hydrogen-bond acceptors (Lipinski definition) is 6. The second kappa shape index (κ2) is 9.86. The minimum atomic E-state index is -0.278. The van der Waals surface area contributed by atoms with Gasteiger partial charge in [0, 0.05) is 18.3 Å². The number of ether oxygens (including phenoxy) is 2. The Morgan fingerprint density at radius 1 is 1.26 bits per heavy atom. The Kier molecular flexibility index (Phi) is 7.54. The minimum Gasteiger partial charge on any atom is -0.493 e. The lowest BCUT2D eigenvalue weighted by molar-refractivity contribution is -0.113. The average Bonchev–Trinajstić information content (AvgIpc) is 3.06. The van der Waals surface area contributed by atoms with Gasteiger partial charge in [-0.05, 0) is 31.4 Å². The Hall–Kier alpha value is -2.68. The van der Waals surface area contributed by atoms with E-state index in [4.69, 9.17) is 9.47 Å². The molecule has 0 saturated carbocycles. The van der Waals surface area contributed by atoms with E-state index in [9.17, 15) is 9.59 Å². The number of carbonyl (C=O) groups excluding carboxylic acids is 2. The first kappa shape index (κ1) is 20.6. The molecule has 8 nitrogen and oxygen atoms in total. The minimum absolute atomic E-state index is 0.186. The first-order valence-electron chi connectivity index (χ1n) is 8.31. The molecule has 0 atom stereocenters. The van der Waals surface area contributed by atoms with Gasteiger partial charge in [0.15, 0.2) is 11.5 Å². The van der Waals surface area contributed by atoms with E-state index in [1.807, 2.05) is 25.4 Å². The van der Waals surface area contributed by atoms with Crippen molar-refractivity contribution in [2.45, 2.75) is 13.5 Å². The molecule has 0 aliphatic carbocycles. The van der Waals surface area contributed by atoms with Crippen LogP contribution < -0.4 is 20.1 Å². The van der Waals surface area contributed by atoms with Crippen molar-refractivity contribution in [3.8, 4) is 11.5 Å². The van der Waals surface area contributed by atoms with Crippen molar-refractivity contribution in [1.82, 2.24) is 15.1 Å². The Labute approximate surface area is 162 Å². The van der Waals surface area contributed by atoms with Crippen LogP contribution >= 0.6 is 11.8 Å². The molecule has 27 heavy (non-hydrogen) atoms. The summed E-state index contributed by atoms with van der Waals surface area (Å²) in [7, 11) is 2.96. The smallest absolute Gasteiger partial charge is 0.251 e. The number of nitrogens with one attached hydrogen (secondary N) is 2. The van der Waals surface area contributed by atoms with Gasteiger partial charge < -0.3 is 20.1 Å². The standard InChI is InChI=1S/C18H24N4O4S/c1-12-5-7-22(21-12)8-6-19-18(24)13-9-14(20-16(23)11-27-4)17(26-3)15(10-13)25-2/h5,7,9-10H,6,8,11H2,1-4H3,(H,19,24)(H,20,23). The molecule has 1 heterocycles. The number of hydrogen-bond donors (Lipinski definition) is 2. The molecule has 0 aliphatic rings. The Balaban J connectivity index is 2.13. The van der Waals surface area contributed by atoms with E-state index in [2.05, 4.69) is 15.7 Å². The fourth-order valence-corrected chi connectivity index (χ4v) is 2.81. The molecule has 0 spiro atoms. The van der Waals surface area contributed by atoms with Crippen molar-refractivity contribution >= 4 is 29.3 Å². The molecule has 0 saturated heterocycles. The number of methoxy groups -OCH3 is 2. The van der Waals surface area contributed by atoms with Crippen molar-refractivity contribution in [2.24, 2.45) is 0 Å². The zero-order valence-corrected chi connectivity index (χ0v) is 16.7. The van der Waals surface area contributed by atoms with Crippen LogP contribution in [0.15, 0.2) is 24.4 Å². The lowest BCUT2D eigenvalue weighted by Crippen LogP contribution is -2.27. The van der Waals surface area contributed by atoms with E-state index in [-0.39, 0.29) is 11.8 Å². The molecule has 2 N–H and O–H groups in total. The van der Waals surface area contributed by atoms with Crippen LogP contribution in [-0.2, 0) is 11.3 Å². The zero-order valence-electron chi connectivity index (χ0n) is 15.9. The van der Waals surface area contributed by atoms with Crippen LogP contribution in [0.1, 0.15) is 16.1 Å². The molecule has 0 fully saturated rings. The van der Waals surface area contributed by atoms with Gasteiger partial charge in [0.2, 0.25) is 5.91 Å². The molecule has 1 aromatic heterocycles. The number of rotatable bonds is 9. The van der Waals surface area contributed by atoms with E-state index >= 15 is 0 Å². The molecule has 2 amide bonds. The van der Waals surface area contributed by atoms with Crippen LogP contribution in [0.2, 0.25) is 0 Å². The maximum Gasteiger partial charge on any atom is 0.251 e. The van der Waals surface area contributed by atoms with E-state index < -0.39 is 0 Å². The van der Waals surface area contributed by atoms with E-state index in [0.717, 1.165) is 5.69 Å². The van der Waals surface area contributed by atoms with Gasteiger partial charge in [-0.25, -0.2) is 0 Å². The number of aryl methyl sites for hydroxylation is 1. The van der Waals surface area contributed by atoms with Crippen LogP contribution in [0.4, 0.5) is 5.69 Å². The molecule has 2 rings (SSSR count). The highest BCUT2D eigenvalue weighted by atomic mass is 32.2. The van der Waals surface area contributed by atoms with Crippen molar-refractivity contribution in [2.75, 3.05) is 38.1 Å². The predicted octanol–water partition coefficient (Wildman–Crippen LogP) is 1.94. The van der Waals surface area contributed by atoms with Crippen LogP contribution in [0.25, 0.3) is 0 Å². The summed E-state index contributed by atoms with van der Waals surface area (Å²) in [6, 6.07) is 5.06. The molecule has 0 unspecified atom stereocenters. The largest absolute Gasteiger partial charge is 0.493 e. The summed E-state index contributed by atoms with van der Waals surface area (Å²) in [5.74, 6) is 0.572. The van der Waals surface area contributed by atoms with Gasteiger partial charge in [-0.1, -0.05) is 0 Å². The molecular weight excluding hydrogens is 368 g/mol. The number of amides is 2. The van der Waals surface area contributed by atoms with Crippen molar-refractivity contribution < 1.29 is 19.1 Å². The third kappa shape index (κ3) is 5.65. The molecule has 0 aliphatic heterocycles. The number of thioether (sulfide) groups is 1. The zero-order chi connectivity index (χ0) is 19.8.